The number of nitrogens with one attached hydrogen (secondary N) is 1. The Balaban J connectivity index is 1.65. The number of nitrogens with zero attached hydrogens (tertiary/aromatic N) is 2. The van der Waals surface area contributed by atoms with Gasteiger partial charge in [-0.3, -0.25) is 4.79 Å². The lowest BCUT2D eigenvalue weighted by molar-refractivity contribution is 0.102. The first-order valence-electron chi connectivity index (χ1n) is 7.50. The third kappa shape index (κ3) is 3.57. The normalized spacial score (nSPS) is 14.7. The summed E-state index contributed by atoms with van der Waals surface area (Å²) in [6, 6.07) is 10.7. The average molecular weight is 316 g/mol. The molecule has 2 heterocycles. The molecule has 1 aliphatic heterocycles. The fourth-order valence-electron chi connectivity index (χ4n) is 2.57. The Bertz CT molecular complexity index is 634. The van der Waals surface area contributed by atoms with Gasteiger partial charge in [0.1, 0.15) is 5.82 Å². The number of pyridine rings is 1. The molecule has 1 aromatic carbocycles. The summed E-state index contributed by atoms with van der Waals surface area (Å²) in [6.07, 6.45) is 5.44. The van der Waals surface area contributed by atoms with E-state index in [4.69, 9.17) is 11.6 Å². The molecule has 1 N–H and O–H groups in total. The summed E-state index contributed by atoms with van der Waals surface area (Å²) in [5.74, 6) is 0.813. The van der Waals surface area contributed by atoms with Crippen molar-refractivity contribution in [1.29, 1.82) is 0 Å². The van der Waals surface area contributed by atoms with Gasteiger partial charge in [0.25, 0.3) is 5.91 Å². The van der Waals surface area contributed by atoms with Gasteiger partial charge in [-0.25, -0.2) is 4.98 Å². The molecule has 1 amide bonds. The maximum absolute atomic E-state index is 12.1. The van der Waals surface area contributed by atoms with Crippen LogP contribution in [0.5, 0.6) is 0 Å². The lowest BCUT2D eigenvalue weighted by Crippen LogP contribution is -2.30. The fraction of sp³-hybridized carbons (Fsp3) is 0.294. The van der Waals surface area contributed by atoms with Gasteiger partial charge in [-0.15, -0.1) is 0 Å². The highest BCUT2D eigenvalue weighted by molar-refractivity contribution is 6.30. The maximum Gasteiger partial charge on any atom is 0.255 e. The van der Waals surface area contributed by atoms with Gasteiger partial charge < -0.3 is 10.2 Å². The summed E-state index contributed by atoms with van der Waals surface area (Å²) in [4.78, 5) is 18.9. The van der Waals surface area contributed by atoms with Crippen molar-refractivity contribution in [2.45, 2.75) is 19.3 Å². The fourth-order valence-corrected chi connectivity index (χ4v) is 2.70. The Morgan fingerprint density at radius 1 is 1.05 bits per heavy atom. The Labute approximate surface area is 135 Å². The van der Waals surface area contributed by atoms with Gasteiger partial charge in [-0.05, 0) is 55.7 Å². The Morgan fingerprint density at radius 2 is 1.77 bits per heavy atom. The molecule has 5 heteroatoms. The minimum Gasteiger partial charge on any atom is -0.357 e. The van der Waals surface area contributed by atoms with Crippen LogP contribution in [0.15, 0.2) is 42.6 Å². The number of halogens is 1. The van der Waals surface area contributed by atoms with E-state index in [1.54, 1.807) is 30.5 Å². The zero-order chi connectivity index (χ0) is 15.4. The van der Waals surface area contributed by atoms with Gasteiger partial charge in [0.05, 0.1) is 11.9 Å². The van der Waals surface area contributed by atoms with Gasteiger partial charge in [-0.1, -0.05) is 11.6 Å². The lowest BCUT2D eigenvalue weighted by Gasteiger charge is -2.27. The molecule has 0 unspecified atom stereocenters. The van der Waals surface area contributed by atoms with Gasteiger partial charge in [0.2, 0.25) is 0 Å². The summed E-state index contributed by atoms with van der Waals surface area (Å²) >= 11 is 5.82. The number of anilines is 2. The number of rotatable bonds is 3. The van der Waals surface area contributed by atoms with Crippen molar-refractivity contribution in [3.63, 3.8) is 0 Å². The topological polar surface area (TPSA) is 45.2 Å². The summed E-state index contributed by atoms with van der Waals surface area (Å²) in [7, 11) is 0. The van der Waals surface area contributed by atoms with Crippen LogP contribution >= 0.6 is 11.6 Å². The molecule has 4 nitrogen and oxygen atoms in total. The number of carbonyl (C=O) groups excluding carboxylic acids is 1. The van der Waals surface area contributed by atoms with Crippen molar-refractivity contribution in [2.24, 2.45) is 0 Å². The Morgan fingerprint density at radius 3 is 2.41 bits per heavy atom. The monoisotopic (exact) mass is 315 g/mol. The summed E-state index contributed by atoms with van der Waals surface area (Å²) in [5, 5.41) is 3.46. The SMILES string of the molecule is O=C(Nc1ccc(N2CCCCC2)nc1)c1ccc(Cl)cc1. The number of amides is 1. The first-order valence-corrected chi connectivity index (χ1v) is 7.88. The van der Waals surface area contributed by atoms with Gasteiger partial charge in [-0.2, -0.15) is 0 Å². The number of hydrogen-bond acceptors (Lipinski definition) is 3. The van der Waals surface area contributed by atoms with Crippen molar-refractivity contribution in [3.8, 4) is 0 Å². The zero-order valence-electron chi connectivity index (χ0n) is 12.3. The van der Waals surface area contributed by atoms with Crippen LogP contribution < -0.4 is 10.2 Å². The van der Waals surface area contributed by atoms with E-state index in [0.29, 0.717) is 16.3 Å². The quantitative estimate of drug-likeness (QED) is 0.932. The molecule has 1 fully saturated rings. The molecule has 1 saturated heterocycles. The van der Waals surface area contributed by atoms with Crippen molar-refractivity contribution in [1.82, 2.24) is 4.98 Å². The van der Waals surface area contributed by atoms with Crippen LogP contribution in [0.4, 0.5) is 11.5 Å². The van der Waals surface area contributed by atoms with Crippen LogP contribution in [-0.2, 0) is 0 Å². The average Bonchev–Trinajstić information content (AvgIpc) is 2.57. The second kappa shape index (κ2) is 6.79. The Hall–Kier alpha value is -2.07. The molecule has 114 valence electrons. The highest BCUT2D eigenvalue weighted by Gasteiger charge is 2.12. The van der Waals surface area contributed by atoms with E-state index in [-0.39, 0.29) is 5.91 Å². The van der Waals surface area contributed by atoms with E-state index < -0.39 is 0 Å². The molecule has 2 aromatic rings. The smallest absolute Gasteiger partial charge is 0.255 e. The zero-order valence-corrected chi connectivity index (χ0v) is 13.0. The minimum atomic E-state index is -0.163. The number of piperidine rings is 1. The third-order valence-electron chi connectivity index (χ3n) is 3.79. The highest BCUT2D eigenvalue weighted by atomic mass is 35.5. The predicted octanol–water partition coefficient (Wildman–Crippen LogP) is 3.98. The van der Waals surface area contributed by atoms with Crippen LogP contribution in [-0.4, -0.2) is 24.0 Å². The highest BCUT2D eigenvalue weighted by Crippen LogP contribution is 2.19. The molecule has 0 atom stereocenters. The van der Waals surface area contributed by atoms with Gasteiger partial charge >= 0.3 is 0 Å². The number of aromatic nitrogens is 1. The maximum atomic E-state index is 12.1. The first-order chi connectivity index (χ1) is 10.7. The van der Waals surface area contributed by atoms with Crippen LogP contribution in [0.3, 0.4) is 0 Å². The van der Waals surface area contributed by atoms with Crippen molar-refractivity contribution < 1.29 is 4.79 Å². The third-order valence-corrected chi connectivity index (χ3v) is 4.04. The van der Waals surface area contributed by atoms with Gasteiger partial charge in [0, 0.05) is 23.7 Å². The standard InChI is InChI=1S/C17H18ClN3O/c18-14-6-4-13(5-7-14)17(22)20-15-8-9-16(19-12-15)21-10-2-1-3-11-21/h4-9,12H,1-3,10-11H2,(H,20,22). The number of hydrogen-bond donors (Lipinski definition) is 1. The molecular weight excluding hydrogens is 298 g/mol. The number of carbonyl (C=O) groups is 1. The van der Waals surface area contributed by atoms with Crippen molar-refractivity contribution in [3.05, 3.63) is 53.2 Å². The van der Waals surface area contributed by atoms with E-state index in [0.717, 1.165) is 18.9 Å². The van der Waals surface area contributed by atoms with E-state index >= 15 is 0 Å². The van der Waals surface area contributed by atoms with E-state index in [9.17, 15) is 4.79 Å². The first kappa shape index (κ1) is 14.9. The molecule has 0 bridgehead atoms. The minimum absolute atomic E-state index is 0.163. The summed E-state index contributed by atoms with van der Waals surface area (Å²) in [6.45, 7) is 2.12. The van der Waals surface area contributed by atoms with E-state index in [1.807, 2.05) is 12.1 Å². The molecule has 1 aromatic heterocycles. The van der Waals surface area contributed by atoms with Crippen LogP contribution in [0.2, 0.25) is 5.02 Å². The summed E-state index contributed by atoms with van der Waals surface area (Å²) < 4.78 is 0. The second-order valence-corrected chi connectivity index (χ2v) is 5.85. The van der Waals surface area contributed by atoms with Crippen molar-refractivity contribution in [2.75, 3.05) is 23.3 Å². The van der Waals surface area contributed by atoms with Crippen LogP contribution in [0.25, 0.3) is 0 Å². The Kier molecular flexibility index (Phi) is 4.59. The molecular formula is C17H18ClN3O. The molecule has 0 aliphatic carbocycles. The molecule has 22 heavy (non-hydrogen) atoms. The second-order valence-electron chi connectivity index (χ2n) is 5.41. The molecule has 1 aliphatic rings. The van der Waals surface area contributed by atoms with Crippen molar-refractivity contribution >= 4 is 29.0 Å². The largest absolute Gasteiger partial charge is 0.357 e. The van der Waals surface area contributed by atoms with Crippen LogP contribution in [0.1, 0.15) is 29.6 Å². The van der Waals surface area contributed by atoms with Gasteiger partial charge in [0.15, 0.2) is 0 Å². The molecule has 0 saturated carbocycles. The van der Waals surface area contributed by atoms with Crippen LogP contribution in [0, 0.1) is 0 Å². The molecule has 0 radical (unpaired) electrons. The summed E-state index contributed by atoms with van der Waals surface area (Å²) in [5.41, 5.74) is 1.27. The molecule has 3 rings (SSSR count). The molecule has 0 spiro atoms. The predicted molar refractivity (Wildman–Crippen MR) is 89.7 cm³/mol. The lowest BCUT2D eigenvalue weighted by atomic mass is 10.1. The van der Waals surface area contributed by atoms with E-state index in [2.05, 4.69) is 15.2 Å². The number of benzene rings is 1. The van der Waals surface area contributed by atoms with E-state index in [1.165, 1.54) is 19.3 Å².